The molecule has 0 amide bonds. The van der Waals surface area contributed by atoms with Gasteiger partial charge in [0.1, 0.15) is 11.5 Å². The van der Waals surface area contributed by atoms with Crippen LogP contribution in [0, 0.1) is 0 Å². The van der Waals surface area contributed by atoms with Gasteiger partial charge in [-0.2, -0.15) is 0 Å². The van der Waals surface area contributed by atoms with Gasteiger partial charge in [-0.15, -0.1) is 0 Å². The van der Waals surface area contributed by atoms with Crippen molar-refractivity contribution in [1.29, 1.82) is 0 Å². The number of aromatic nitrogens is 1. The average molecular weight is 347 g/mol. The lowest BCUT2D eigenvalue weighted by Crippen LogP contribution is -2.05. The molecule has 0 aliphatic heterocycles. The molecule has 0 fully saturated rings. The van der Waals surface area contributed by atoms with Crippen molar-refractivity contribution in [2.24, 2.45) is 0 Å². The summed E-state index contributed by atoms with van der Waals surface area (Å²) < 4.78 is 10.3. The average Bonchev–Trinajstić information content (AvgIpc) is 2.60. The predicted molar refractivity (Wildman–Crippen MR) is 99.7 cm³/mol. The second-order valence-electron chi connectivity index (χ2n) is 5.65. The molecule has 0 saturated heterocycles. The van der Waals surface area contributed by atoms with E-state index in [0.29, 0.717) is 17.1 Å². The zero-order valence-electron chi connectivity index (χ0n) is 14.4. The summed E-state index contributed by atoms with van der Waals surface area (Å²) in [6.07, 6.45) is 3.63. The fourth-order valence-electron chi connectivity index (χ4n) is 2.47. The first-order valence-corrected chi connectivity index (χ1v) is 8.06. The topological polar surface area (TPSA) is 65.5 Å². The van der Waals surface area contributed by atoms with Crippen molar-refractivity contribution < 1.29 is 19.1 Å². The van der Waals surface area contributed by atoms with Gasteiger partial charge in [0.05, 0.1) is 11.2 Å². The lowest BCUT2D eigenvalue weighted by Gasteiger charge is -2.08. The summed E-state index contributed by atoms with van der Waals surface area (Å²) in [7, 11) is 0. The molecule has 1 aromatic heterocycles. The van der Waals surface area contributed by atoms with E-state index >= 15 is 0 Å². The molecule has 0 bridgehead atoms. The minimum absolute atomic E-state index is 0.313. The monoisotopic (exact) mass is 347 g/mol. The largest absolute Gasteiger partial charge is 0.427 e. The standard InChI is InChI=1S/C21H17NO4/c1-14(23)25-19-12-9-17(21(13-19)26-15(2)24)8-11-18-10-7-16-5-3-4-6-20(16)22-18/h3-13H,1-2H3/b11-8+. The maximum Gasteiger partial charge on any atom is 0.308 e. The van der Waals surface area contributed by atoms with Gasteiger partial charge >= 0.3 is 11.9 Å². The van der Waals surface area contributed by atoms with Crippen LogP contribution in [0.3, 0.4) is 0 Å². The Morgan fingerprint density at radius 1 is 0.885 bits per heavy atom. The van der Waals surface area contributed by atoms with E-state index in [9.17, 15) is 9.59 Å². The van der Waals surface area contributed by atoms with Crippen LogP contribution < -0.4 is 9.47 Å². The van der Waals surface area contributed by atoms with E-state index in [1.165, 1.54) is 19.9 Å². The quantitative estimate of drug-likeness (QED) is 0.521. The van der Waals surface area contributed by atoms with Crippen LogP contribution in [0.4, 0.5) is 0 Å². The second kappa shape index (κ2) is 7.61. The number of para-hydroxylation sites is 1. The summed E-state index contributed by atoms with van der Waals surface area (Å²) in [5, 5.41) is 1.07. The number of fused-ring (bicyclic) bond motifs is 1. The number of ether oxygens (including phenoxy) is 2. The van der Waals surface area contributed by atoms with E-state index in [-0.39, 0.29) is 0 Å². The van der Waals surface area contributed by atoms with Crippen molar-refractivity contribution in [2.45, 2.75) is 13.8 Å². The van der Waals surface area contributed by atoms with E-state index < -0.39 is 11.9 Å². The Morgan fingerprint density at radius 2 is 1.65 bits per heavy atom. The first-order chi connectivity index (χ1) is 12.5. The second-order valence-corrected chi connectivity index (χ2v) is 5.65. The van der Waals surface area contributed by atoms with Crippen molar-refractivity contribution in [3.63, 3.8) is 0 Å². The number of esters is 2. The summed E-state index contributed by atoms with van der Waals surface area (Å²) in [4.78, 5) is 27.0. The molecular weight excluding hydrogens is 330 g/mol. The summed E-state index contributed by atoms with van der Waals surface area (Å²) in [6.45, 7) is 2.63. The lowest BCUT2D eigenvalue weighted by molar-refractivity contribution is -0.132. The number of carbonyl (C=O) groups excluding carboxylic acids is 2. The van der Waals surface area contributed by atoms with Gasteiger partial charge < -0.3 is 9.47 Å². The van der Waals surface area contributed by atoms with Crippen LogP contribution in [-0.2, 0) is 9.59 Å². The number of hydrogen-bond acceptors (Lipinski definition) is 5. The van der Waals surface area contributed by atoms with Gasteiger partial charge in [0.25, 0.3) is 0 Å². The Balaban J connectivity index is 1.92. The van der Waals surface area contributed by atoms with Crippen LogP contribution in [0.15, 0.2) is 54.6 Å². The van der Waals surface area contributed by atoms with Crippen molar-refractivity contribution in [3.05, 3.63) is 65.9 Å². The molecule has 5 nitrogen and oxygen atoms in total. The van der Waals surface area contributed by atoms with E-state index in [0.717, 1.165) is 16.6 Å². The zero-order chi connectivity index (χ0) is 18.5. The molecule has 3 aromatic rings. The molecule has 130 valence electrons. The fourth-order valence-corrected chi connectivity index (χ4v) is 2.47. The molecule has 0 radical (unpaired) electrons. The molecule has 0 unspecified atom stereocenters. The fraction of sp³-hybridized carbons (Fsp3) is 0.0952. The van der Waals surface area contributed by atoms with Gasteiger partial charge in [-0.05, 0) is 36.4 Å². The predicted octanol–water partition coefficient (Wildman–Crippen LogP) is 4.26. The number of rotatable bonds is 4. The smallest absolute Gasteiger partial charge is 0.308 e. The molecule has 0 aliphatic carbocycles. The van der Waals surface area contributed by atoms with E-state index in [1.807, 2.05) is 42.5 Å². The normalized spacial score (nSPS) is 10.8. The Kier molecular flexibility index (Phi) is 5.08. The minimum atomic E-state index is -0.455. The third-order valence-corrected chi connectivity index (χ3v) is 3.55. The minimum Gasteiger partial charge on any atom is -0.427 e. The zero-order valence-corrected chi connectivity index (χ0v) is 14.4. The van der Waals surface area contributed by atoms with Gasteiger partial charge in [-0.3, -0.25) is 9.59 Å². The van der Waals surface area contributed by atoms with Gasteiger partial charge in [0.15, 0.2) is 0 Å². The number of carbonyl (C=O) groups is 2. The van der Waals surface area contributed by atoms with Gasteiger partial charge in [-0.1, -0.05) is 24.3 Å². The maximum atomic E-state index is 11.4. The first kappa shape index (κ1) is 17.4. The van der Waals surface area contributed by atoms with Crippen LogP contribution >= 0.6 is 0 Å². The Labute approximate surface area is 150 Å². The Hall–Kier alpha value is -3.47. The van der Waals surface area contributed by atoms with Crippen molar-refractivity contribution in [1.82, 2.24) is 4.98 Å². The molecule has 2 aromatic carbocycles. The lowest BCUT2D eigenvalue weighted by atomic mass is 10.1. The third-order valence-electron chi connectivity index (χ3n) is 3.55. The molecule has 0 aliphatic rings. The van der Waals surface area contributed by atoms with Crippen LogP contribution in [0.5, 0.6) is 11.5 Å². The number of benzene rings is 2. The summed E-state index contributed by atoms with van der Waals surface area (Å²) in [5.41, 5.74) is 2.35. The molecule has 5 heteroatoms. The molecule has 1 heterocycles. The van der Waals surface area contributed by atoms with Crippen molar-refractivity contribution >= 4 is 35.0 Å². The molecule has 0 N–H and O–H groups in total. The maximum absolute atomic E-state index is 11.4. The summed E-state index contributed by atoms with van der Waals surface area (Å²) >= 11 is 0. The molecule has 0 spiro atoms. The van der Waals surface area contributed by atoms with Crippen LogP contribution in [0.25, 0.3) is 23.1 Å². The Morgan fingerprint density at radius 3 is 2.42 bits per heavy atom. The van der Waals surface area contributed by atoms with Crippen molar-refractivity contribution in [3.8, 4) is 11.5 Å². The highest BCUT2D eigenvalue weighted by molar-refractivity contribution is 5.82. The highest BCUT2D eigenvalue weighted by atomic mass is 16.5. The van der Waals surface area contributed by atoms with Gasteiger partial charge in [0.2, 0.25) is 0 Å². The van der Waals surface area contributed by atoms with Crippen LogP contribution in [0.2, 0.25) is 0 Å². The van der Waals surface area contributed by atoms with Crippen molar-refractivity contribution in [2.75, 3.05) is 0 Å². The molecule has 3 rings (SSSR count). The molecule has 26 heavy (non-hydrogen) atoms. The van der Waals surface area contributed by atoms with E-state index in [4.69, 9.17) is 9.47 Å². The number of pyridine rings is 1. The molecule has 0 atom stereocenters. The first-order valence-electron chi connectivity index (χ1n) is 8.06. The molecular formula is C21H17NO4. The molecule has 0 saturated carbocycles. The van der Waals surface area contributed by atoms with E-state index in [2.05, 4.69) is 4.98 Å². The van der Waals surface area contributed by atoms with Crippen LogP contribution in [0.1, 0.15) is 25.1 Å². The summed E-state index contributed by atoms with van der Waals surface area (Å²) in [5.74, 6) is -0.270. The third kappa shape index (κ3) is 4.33. The van der Waals surface area contributed by atoms with Gasteiger partial charge in [-0.25, -0.2) is 4.98 Å². The van der Waals surface area contributed by atoms with E-state index in [1.54, 1.807) is 18.2 Å². The summed E-state index contributed by atoms with van der Waals surface area (Å²) in [6, 6.07) is 16.6. The number of nitrogens with zero attached hydrogens (tertiary/aromatic N) is 1. The highest BCUT2D eigenvalue weighted by Gasteiger charge is 2.08. The highest BCUT2D eigenvalue weighted by Crippen LogP contribution is 2.27. The van der Waals surface area contributed by atoms with Crippen LogP contribution in [-0.4, -0.2) is 16.9 Å². The number of hydrogen-bond donors (Lipinski definition) is 0. The van der Waals surface area contributed by atoms with Gasteiger partial charge in [0, 0.05) is 30.9 Å². The SMILES string of the molecule is CC(=O)Oc1ccc(/C=C/c2ccc3ccccc3n2)c(OC(C)=O)c1. The Bertz CT molecular complexity index is 1010.